The average molecular weight is 375 g/mol. The molecule has 0 fully saturated rings. The minimum absolute atomic E-state index is 0.839. The van der Waals surface area contributed by atoms with Crippen LogP contribution in [0.1, 0.15) is 38.8 Å². The van der Waals surface area contributed by atoms with E-state index < -0.39 is 0 Å². The summed E-state index contributed by atoms with van der Waals surface area (Å²) in [5.41, 5.74) is 15.6. The minimum atomic E-state index is 0.839. The second-order valence-electron chi connectivity index (χ2n) is 6.06. The molecule has 0 aromatic heterocycles. The van der Waals surface area contributed by atoms with Crippen molar-refractivity contribution in [3.05, 3.63) is 83.9 Å². The van der Waals surface area contributed by atoms with Crippen LogP contribution in [0.25, 0.3) is 21.5 Å². The lowest BCUT2D eigenvalue weighted by Gasteiger charge is -2.03. The molecule has 0 aliphatic heterocycles. The van der Waals surface area contributed by atoms with E-state index in [0.717, 1.165) is 11.4 Å². The van der Waals surface area contributed by atoms with E-state index in [1.54, 1.807) is 0 Å². The third-order valence-corrected chi connectivity index (χ3v) is 4.33. The summed E-state index contributed by atoms with van der Waals surface area (Å²) in [6.45, 7) is 12.1. The molecule has 0 atom stereocenters. The number of fused-ring (bicyclic) bond motifs is 2. The lowest BCUT2D eigenvalue weighted by atomic mass is 10.0. The summed E-state index contributed by atoms with van der Waals surface area (Å²) in [7, 11) is 0. The monoisotopic (exact) mass is 374 g/mol. The molecule has 0 saturated heterocycles. The number of hydrogen-bond acceptors (Lipinski definition) is 2. The van der Waals surface area contributed by atoms with E-state index in [-0.39, 0.29) is 0 Å². The Balaban J connectivity index is 0.000000238. The minimum Gasteiger partial charge on any atom is -0.399 e. The number of hydrogen-bond donors (Lipinski definition) is 2. The zero-order valence-electron chi connectivity index (χ0n) is 18.1. The smallest absolute Gasteiger partial charge is 0.0350 e. The van der Waals surface area contributed by atoms with E-state index in [0.29, 0.717) is 0 Å². The highest BCUT2D eigenvalue weighted by Crippen LogP contribution is 2.22. The highest BCUT2D eigenvalue weighted by molar-refractivity contribution is 5.89. The van der Waals surface area contributed by atoms with Gasteiger partial charge in [-0.2, -0.15) is 0 Å². The predicted octanol–water partition coefficient (Wildman–Crippen LogP) is 7.51. The van der Waals surface area contributed by atoms with Crippen LogP contribution in [0.15, 0.2) is 72.8 Å². The summed E-state index contributed by atoms with van der Waals surface area (Å²) in [6.07, 6.45) is 0. The van der Waals surface area contributed by atoms with Crippen LogP contribution in [-0.2, 0) is 0 Å². The van der Waals surface area contributed by atoms with Gasteiger partial charge in [0.1, 0.15) is 0 Å². The molecule has 2 heteroatoms. The summed E-state index contributed by atoms with van der Waals surface area (Å²) < 4.78 is 0. The van der Waals surface area contributed by atoms with Crippen molar-refractivity contribution in [3.8, 4) is 0 Å². The van der Waals surface area contributed by atoms with Crippen molar-refractivity contribution in [2.45, 2.75) is 41.5 Å². The first-order chi connectivity index (χ1) is 13.6. The highest BCUT2D eigenvalue weighted by atomic mass is 14.6. The molecule has 0 aliphatic carbocycles. The van der Waals surface area contributed by atoms with Crippen LogP contribution >= 0.6 is 0 Å². The SMILES string of the molecule is CC.CC.Cc1c(N)ccc2ccccc12.Cc1cc(N)cc2ccccc12. The van der Waals surface area contributed by atoms with Crippen LogP contribution in [0.4, 0.5) is 11.4 Å². The topological polar surface area (TPSA) is 52.0 Å². The van der Waals surface area contributed by atoms with Gasteiger partial charge in [0, 0.05) is 11.4 Å². The largest absolute Gasteiger partial charge is 0.399 e. The zero-order valence-corrected chi connectivity index (χ0v) is 18.1. The molecule has 4 rings (SSSR count). The fourth-order valence-corrected chi connectivity index (χ4v) is 2.97. The third kappa shape index (κ3) is 5.75. The van der Waals surface area contributed by atoms with Gasteiger partial charge < -0.3 is 11.5 Å². The molecule has 0 heterocycles. The van der Waals surface area contributed by atoms with E-state index >= 15 is 0 Å². The van der Waals surface area contributed by atoms with Crippen molar-refractivity contribution >= 4 is 32.9 Å². The average Bonchev–Trinajstić information content (AvgIpc) is 2.74. The Morgan fingerprint density at radius 3 is 1.75 bits per heavy atom. The fourth-order valence-electron chi connectivity index (χ4n) is 2.97. The molecule has 4 aromatic rings. The Hall–Kier alpha value is -3.00. The number of nitrogen functional groups attached to an aromatic ring is 2. The van der Waals surface area contributed by atoms with Crippen molar-refractivity contribution < 1.29 is 0 Å². The molecule has 2 nitrogen and oxygen atoms in total. The standard InChI is InChI=1S/2C11H11N.2C2H6/c1-8-6-10(12)7-9-4-2-3-5-11(8)9;1-8-10-5-3-2-4-9(10)6-7-11(8)12;2*1-2/h2*2-7H,12H2,1H3;2*1-2H3. The van der Waals surface area contributed by atoms with Gasteiger partial charge in [-0.3, -0.25) is 0 Å². The molecule has 0 aliphatic rings. The Kier molecular flexibility index (Phi) is 9.59. The zero-order chi connectivity index (χ0) is 21.1. The maximum atomic E-state index is 5.79. The number of anilines is 2. The number of rotatable bonds is 0. The first-order valence-corrected chi connectivity index (χ1v) is 10.0. The van der Waals surface area contributed by atoms with Gasteiger partial charge in [-0.1, -0.05) is 82.3 Å². The summed E-state index contributed by atoms with van der Waals surface area (Å²) in [6, 6.07) is 24.6. The van der Waals surface area contributed by atoms with E-state index in [2.05, 4.69) is 44.2 Å². The molecule has 0 unspecified atom stereocenters. The van der Waals surface area contributed by atoms with E-state index in [1.807, 2.05) is 70.2 Å². The lowest BCUT2D eigenvalue weighted by Crippen LogP contribution is -1.89. The van der Waals surface area contributed by atoms with Crippen LogP contribution in [0.3, 0.4) is 0 Å². The number of benzene rings is 4. The van der Waals surface area contributed by atoms with Gasteiger partial charge in [-0.25, -0.2) is 0 Å². The van der Waals surface area contributed by atoms with Crippen molar-refractivity contribution in [1.29, 1.82) is 0 Å². The number of aryl methyl sites for hydroxylation is 2. The molecule has 28 heavy (non-hydrogen) atoms. The van der Waals surface area contributed by atoms with E-state index in [1.165, 1.54) is 32.7 Å². The lowest BCUT2D eigenvalue weighted by molar-refractivity contribution is 1.50. The maximum absolute atomic E-state index is 5.79. The number of nitrogens with two attached hydrogens (primary N) is 2. The van der Waals surface area contributed by atoms with Crippen LogP contribution in [-0.4, -0.2) is 0 Å². The Morgan fingerprint density at radius 2 is 1.11 bits per heavy atom. The Morgan fingerprint density at radius 1 is 0.571 bits per heavy atom. The molecule has 4 N–H and O–H groups in total. The molecular weight excluding hydrogens is 340 g/mol. The molecule has 0 bridgehead atoms. The van der Waals surface area contributed by atoms with Gasteiger partial charge in [0.15, 0.2) is 0 Å². The summed E-state index contributed by atoms with van der Waals surface area (Å²) in [4.78, 5) is 0. The first-order valence-electron chi connectivity index (χ1n) is 10.0. The summed E-state index contributed by atoms with van der Waals surface area (Å²) in [5.74, 6) is 0. The van der Waals surface area contributed by atoms with Crippen molar-refractivity contribution in [2.75, 3.05) is 11.5 Å². The van der Waals surface area contributed by atoms with E-state index in [4.69, 9.17) is 11.5 Å². The maximum Gasteiger partial charge on any atom is 0.0350 e. The second kappa shape index (κ2) is 11.7. The highest BCUT2D eigenvalue weighted by Gasteiger charge is 1.98. The van der Waals surface area contributed by atoms with E-state index in [9.17, 15) is 0 Å². The predicted molar refractivity (Wildman–Crippen MR) is 129 cm³/mol. The van der Waals surface area contributed by atoms with Crippen molar-refractivity contribution in [2.24, 2.45) is 0 Å². The summed E-state index contributed by atoms with van der Waals surface area (Å²) in [5, 5.41) is 5.00. The van der Waals surface area contributed by atoms with Gasteiger partial charge in [0.25, 0.3) is 0 Å². The normalized spacial score (nSPS) is 9.36. The van der Waals surface area contributed by atoms with Crippen molar-refractivity contribution in [3.63, 3.8) is 0 Å². The van der Waals surface area contributed by atoms with Gasteiger partial charge in [-0.15, -0.1) is 0 Å². The van der Waals surface area contributed by atoms with Crippen LogP contribution < -0.4 is 11.5 Å². The van der Waals surface area contributed by atoms with Crippen molar-refractivity contribution in [1.82, 2.24) is 0 Å². The van der Waals surface area contributed by atoms with Crippen LogP contribution in [0.5, 0.6) is 0 Å². The third-order valence-electron chi connectivity index (χ3n) is 4.33. The van der Waals surface area contributed by atoms with Gasteiger partial charge in [0.05, 0.1) is 0 Å². The molecule has 4 aromatic carbocycles. The van der Waals surface area contributed by atoms with Gasteiger partial charge in [0.2, 0.25) is 0 Å². The Bertz CT molecular complexity index is 1000. The molecule has 0 saturated carbocycles. The fraction of sp³-hybridized carbons (Fsp3) is 0.231. The Labute approximate surface area is 170 Å². The quantitative estimate of drug-likeness (QED) is 0.313. The molecular formula is C26H34N2. The molecule has 0 spiro atoms. The molecule has 148 valence electrons. The van der Waals surface area contributed by atoms with Gasteiger partial charge in [-0.05, 0) is 64.7 Å². The van der Waals surface area contributed by atoms with Gasteiger partial charge >= 0.3 is 0 Å². The van der Waals surface area contributed by atoms with Crippen LogP contribution in [0, 0.1) is 13.8 Å². The summed E-state index contributed by atoms with van der Waals surface area (Å²) >= 11 is 0. The second-order valence-corrected chi connectivity index (χ2v) is 6.06. The molecule has 0 amide bonds. The van der Waals surface area contributed by atoms with Crippen LogP contribution in [0.2, 0.25) is 0 Å². The molecule has 0 radical (unpaired) electrons. The first kappa shape index (κ1) is 23.0.